The number of hydrogen-bond acceptors (Lipinski definition) is 4. The maximum Gasteiger partial charge on any atom is 0.117 e. The predicted molar refractivity (Wildman–Crippen MR) is 65.4 cm³/mol. The molecule has 0 fully saturated rings. The lowest BCUT2D eigenvalue weighted by molar-refractivity contribution is 0.422. The topological polar surface area (TPSA) is 37.8 Å². The molecule has 0 aliphatic heterocycles. The van der Waals surface area contributed by atoms with Crippen LogP contribution in [0, 0.1) is 0 Å². The molecule has 0 amide bonds. The molecule has 0 bridgehead atoms. The van der Waals surface area contributed by atoms with Crippen molar-refractivity contribution < 1.29 is 0 Å². The van der Waals surface area contributed by atoms with Crippen molar-refractivity contribution in [1.82, 2.24) is 15.5 Å². The maximum atomic E-state index is 4.16. The van der Waals surface area contributed by atoms with Gasteiger partial charge < -0.3 is 5.32 Å². The molecule has 86 valence electrons. The first-order valence-electron chi connectivity index (χ1n) is 5.57. The highest BCUT2D eigenvalue weighted by atomic mass is 32.1. The molecule has 0 saturated heterocycles. The van der Waals surface area contributed by atoms with Gasteiger partial charge in [-0.1, -0.05) is 6.92 Å². The Morgan fingerprint density at radius 1 is 1.20 bits per heavy atom. The zero-order valence-electron chi connectivity index (χ0n) is 10.1. The quantitative estimate of drug-likeness (QED) is 0.785. The van der Waals surface area contributed by atoms with Gasteiger partial charge in [0, 0.05) is 12.0 Å². The average Bonchev–Trinajstić information content (AvgIpc) is 2.59. The summed E-state index contributed by atoms with van der Waals surface area (Å²) in [6.45, 7) is 9.73. The molecule has 0 aromatic carbocycles. The number of nitrogens with one attached hydrogen (secondary N) is 1. The Bertz CT molecular complexity index is 288. The third-order valence-electron chi connectivity index (χ3n) is 2.03. The molecule has 0 radical (unpaired) electrons. The van der Waals surface area contributed by atoms with Gasteiger partial charge in [-0.2, -0.15) is 0 Å². The molecular formula is C11H21N3S. The second-order valence-electron chi connectivity index (χ2n) is 4.72. The molecule has 15 heavy (non-hydrogen) atoms. The van der Waals surface area contributed by atoms with Crippen LogP contribution in [0.25, 0.3) is 0 Å². The molecule has 1 aromatic heterocycles. The van der Waals surface area contributed by atoms with Crippen LogP contribution in [0.1, 0.15) is 44.1 Å². The zero-order valence-corrected chi connectivity index (χ0v) is 10.9. The number of rotatable bonds is 5. The molecule has 3 nitrogen and oxygen atoms in total. The standard InChI is InChI=1S/C11H21N3S/c1-5-9-13-14-10(15-9)7-6-8-12-11(2,3)4/h12H,5-8H2,1-4H3. The lowest BCUT2D eigenvalue weighted by Gasteiger charge is -2.20. The van der Waals surface area contributed by atoms with Gasteiger partial charge in [0.15, 0.2) is 0 Å². The third kappa shape index (κ3) is 5.23. The second-order valence-corrected chi connectivity index (χ2v) is 5.87. The molecule has 0 atom stereocenters. The van der Waals surface area contributed by atoms with E-state index in [-0.39, 0.29) is 5.54 Å². The van der Waals surface area contributed by atoms with Crippen molar-refractivity contribution in [2.75, 3.05) is 6.54 Å². The van der Waals surface area contributed by atoms with Gasteiger partial charge in [0.25, 0.3) is 0 Å². The van der Waals surface area contributed by atoms with Crippen LogP contribution in [0.15, 0.2) is 0 Å². The molecule has 1 aromatic rings. The van der Waals surface area contributed by atoms with E-state index in [0.29, 0.717) is 0 Å². The molecule has 0 unspecified atom stereocenters. The van der Waals surface area contributed by atoms with E-state index in [1.54, 1.807) is 11.3 Å². The van der Waals surface area contributed by atoms with Crippen molar-refractivity contribution in [3.05, 3.63) is 10.0 Å². The van der Waals surface area contributed by atoms with Crippen LogP contribution in [0.2, 0.25) is 0 Å². The summed E-state index contributed by atoms with van der Waals surface area (Å²) in [5, 5.41) is 14.1. The lowest BCUT2D eigenvalue weighted by atomic mass is 10.1. The second kappa shape index (κ2) is 5.56. The van der Waals surface area contributed by atoms with E-state index < -0.39 is 0 Å². The highest BCUT2D eigenvalue weighted by molar-refractivity contribution is 7.11. The van der Waals surface area contributed by atoms with Crippen molar-refractivity contribution in [3.8, 4) is 0 Å². The molecule has 1 heterocycles. The SMILES string of the molecule is CCc1nnc(CCCNC(C)(C)C)s1. The summed E-state index contributed by atoms with van der Waals surface area (Å²) in [6, 6.07) is 0. The van der Waals surface area contributed by atoms with Crippen LogP contribution >= 0.6 is 11.3 Å². The Morgan fingerprint density at radius 2 is 1.87 bits per heavy atom. The zero-order chi connectivity index (χ0) is 11.3. The van der Waals surface area contributed by atoms with E-state index in [1.807, 2.05) is 0 Å². The van der Waals surface area contributed by atoms with Crippen molar-refractivity contribution in [2.45, 2.75) is 52.5 Å². The highest BCUT2D eigenvalue weighted by Gasteiger charge is 2.08. The number of aryl methyl sites for hydroxylation is 2. The minimum Gasteiger partial charge on any atom is -0.312 e. The molecule has 0 saturated carbocycles. The van der Waals surface area contributed by atoms with Crippen LogP contribution in [0.3, 0.4) is 0 Å². The van der Waals surface area contributed by atoms with E-state index in [4.69, 9.17) is 0 Å². The van der Waals surface area contributed by atoms with Gasteiger partial charge >= 0.3 is 0 Å². The fourth-order valence-corrected chi connectivity index (χ4v) is 2.06. The van der Waals surface area contributed by atoms with Crippen LogP contribution < -0.4 is 5.32 Å². The average molecular weight is 227 g/mol. The van der Waals surface area contributed by atoms with Crippen LogP contribution in [0.4, 0.5) is 0 Å². The largest absolute Gasteiger partial charge is 0.312 e. The first kappa shape index (κ1) is 12.6. The summed E-state index contributed by atoms with van der Waals surface area (Å²) >= 11 is 1.74. The molecule has 0 spiro atoms. The van der Waals surface area contributed by atoms with Gasteiger partial charge in [-0.15, -0.1) is 21.5 Å². The molecule has 1 rings (SSSR count). The molecule has 4 heteroatoms. The minimum absolute atomic E-state index is 0.218. The third-order valence-corrected chi connectivity index (χ3v) is 3.16. The maximum absolute atomic E-state index is 4.16. The molecule has 0 aliphatic carbocycles. The van der Waals surface area contributed by atoms with Gasteiger partial charge in [-0.25, -0.2) is 0 Å². The smallest absolute Gasteiger partial charge is 0.117 e. The van der Waals surface area contributed by atoms with E-state index in [9.17, 15) is 0 Å². The van der Waals surface area contributed by atoms with Crippen LogP contribution in [-0.4, -0.2) is 22.3 Å². The first-order chi connectivity index (χ1) is 7.01. The fourth-order valence-electron chi connectivity index (χ4n) is 1.24. The summed E-state index contributed by atoms with van der Waals surface area (Å²) in [6.07, 6.45) is 3.17. The Labute approximate surface area is 96.3 Å². The van der Waals surface area contributed by atoms with Gasteiger partial charge in [-0.3, -0.25) is 0 Å². The summed E-state index contributed by atoms with van der Waals surface area (Å²) in [5.41, 5.74) is 0.218. The lowest BCUT2D eigenvalue weighted by Crippen LogP contribution is -2.36. The van der Waals surface area contributed by atoms with E-state index >= 15 is 0 Å². The van der Waals surface area contributed by atoms with Gasteiger partial charge in [-0.05, 0) is 40.2 Å². The minimum atomic E-state index is 0.218. The summed E-state index contributed by atoms with van der Waals surface area (Å²) < 4.78 is 0. The molecule has 0 aliphatic rings. The number of nitrogens with zero attached hydrogens (tertiary/aromatic N) is 2. The summed E-state index contributed by atoms with van der Waals surface area (Å²) in [7, 11) is 0. The highest BCUT2D eigenvalue weighted by Crippen LogP contribution is 2.11. The Morgan fingerprint density at radius 3 is 2.40 bits per heavy atom. The van der Waals surface area contributed by atoms with Crippen molar-refractivity contribution >= 4 is 11.3 Å². The van der Waals surface area contributed by atoms with Crippen LogP contribution in [0.5, 0.6) is 0 Å². The predicted octanol–water partition coefficient (Wildman–Crippen LogP) is 2.42. The summed E-state index contributed by atoms with van der Waals surface area (Å²) in [4.78, 5) is 0. The molecule has 1 N–H and O–H groups in total. The van der Waals surface area contributed by atoms with Crippen LogP contribution in [-0.2, 0) is 12.8 Å². The van der Waals surface area contributed by atoms with E-state index in [2.05, 4.69) is 43.2 Å². The van der Waals surface area contributed by atoms with Gasteiger partial charge in [0.2, 0.25) is 0 Å². The normalized spacial score (nSPS) is 12.0. The Balaban J connectivity index is 2.20. The van der Waals surface area contributed by atoms with E-state index in [0.717, 1.165) is 30.8 Å². The number of aromatic nitrogens is 2. The van der Waals surface area contributed by atoms with E-state index in [1.165, 1.54) is 5.01 Å². The fraction of sp³-hybridized carbons (Fsp3) is 0.818. The van der Waals surface area contributed by atoms with Gasteiger partial charge in [0.05, 0.1) is 0 Å². The van der Waals surface area contributed by atoms with Crippen molar-refractivity contribution in [3.63, 3.8) is 0 Å². The van der Waals surface area contributed by atoms with Crippen molar-refractivity contribution in [2.24, 2.45) is 0 Å². The van der Waals surface area contributed by atoms with Crippen molar-refractivity contribution in [1.29, 1.82) is 0 Å². The molecular weight excluding hydrogens is 206 g/mol. The monoisotopic (exact) mass is 227 g/mol. The Hall–Kier alpha value is -0.480. The van der Waals surface area contributed by atoms with Gasteiger partial charge in [0.1, 0.15) is 10.0 Å². The summed E-state index contributed by atoms with van der Waals surface area (Å²) in [5.74, 6) is 0. The first-order valence-corrected chi connectivity index (χ1v) is 6.39. The number of hydrogen-bond donors (Lipinski definition) is 1. The Kier molecular flexibility index (Phi) is 4.67.